The van der Waals surface area contributed by atoms with Crippen LogP contribution in [-0.4, -0.2) is 33.0 Å². The number of amides is 1. The number of nitrogens with zero attached hydrogens (tertiary/aromatic N) is 1. The molecule has 2 aliphatic rings. The molecule has 1 saturated heterocycles. The van der Waals surface area contributed by atoms with Gasteiger partial charge < -0.3 is 10.2 Å². The first kappa shape index (κ1) is 22.1. The van der Waals surface area contributed by atoms with Crippen LogP contribution in [0.25, 0.3) is 0 Å². The topological polar surface area (TPSA) is 78.5 Å². The zero-order valence-corrected chi connectivity index (χ0v) is 18.7. The van der Waals surface area contributed by atoms with E-state index in [9.17, 15) is 13.2 Å². The molecule has 1 saturated carbocycles. The standard InChI is InChI=1S/C22H35N3O3S/c1-4-16(2)24-29(27,28)21-15-19(23-22(26)18-10-5-6-11-18)12-13-20(21)25-14-8-7-9-17(25)3/h12-13,15-18,24H,4-11,14H2,1-3H3,(H,23,26)/t16-,17-/m1/s1. The summed E-state index contributed by atoms with van der Waals surface area (Å²) in [5.74, 6) is 0.0370. The maximum absolute atomic E-state index is 13.2. The van der Waals surface area contributed by atoms with E-state index in [4.69, 9.17) is 0 Å². The Morgan fingerprint density at radius 1 is 1.17 bits per heavy atom. The molecule has 7 heteroatoms. The van der Waals surface area contributed by atoms with Crippen molar-refractivity contribution < 1.29 is 13.2 Å². The second-order valence-corrected chi connectivity index (χ2v) is 10.3. The van der Waals surface area contributed by atoms with Crippen LogP contribution in [-0.2, 0) is 14.8 Å². The van der Waals surface area contributed by atoms with Gasteiger partial charge in [-0.15, -0.1) is 0 Å². The molecule has 1 aromatic rings. The summed E-state index contributed by atoms with van der Waals surface area (Å²) in [7, 11) is -3.70. The number of sulfonamides is 1. The largest absolute Gasteiger partial charge is 0.368 e. The van der Waals surface area contributed by atoms with Gasteiger partial charge in [-0.1, -0.05) is 19.8 Å². The molecular weight excluding hydrogens is 386 g/mol. The smallest absolute Gasteiger partial charge is 0.242 e. The van der Waals surface area contributed by atoms with Crippen LogP contribution < -0.4 is 14.9 Å². The summed E-state index contributed by atoms with van der Waals surface area (Å²) in [6, 6.07) is 5.47. The Morgan fingerprint density at radius 2 is 1.86 bits per heavy atom. The number of anilines is 2. The van der Waals surface area contributed by atoms with Crippen LogP contribution in [0.1, 0.15) is 72.1 Å². The molecule has 1 aliphatic heterocycles. The van der Waals surface area contributed by atoms with Gasteiger partial charge in [0.2, 0.25) is 15.9 Å². The number of nitrogens with one attached hydrogen (secondary N) is 2. The first-order chi connectivity index (χ1) is 13.8. The zero-order valence-electron chi connectivity index (χ0n) is 17.9. The highest BCUT2D eigenvalue weighted by molar-refractivity contribution is 7.89. The fourth-order valence-electron chi connectivity index (χ4n) is 4.34. The van der Waals surface area contributed by atoms with Crippen molar-refractivity contribution in [2.75, 3.05) is 16.8 Å². The summed E-state index contributed by atoms with van der Waals surface area (Å²) in [5, 5.41) is 2.96. The van der Waals surface area contributed by atoms with Gasteiger partial charge in [0.1, 0.15) is 4.90 Å². The van der Waals surface area contributed by atoms with Crippen molar-refractivity contribution in [2.45, 2.75) is 89.1 Å². The summed E-state index contributed by atoms with van der Waals surface area (Å²) >= 11 is 0. The van der Waals surface area contributed by atoms with E-state index in [1.807, 2.05) is 26.0 Å². The monoisotopic (exact) mass is 421 g/mol. The molecule has 0 bridgehead atoms. The second kappa shape index (κ2) is 9.47. The number of hydrogen-bond donors (Lipinski definition) is 2. The van der Waals surface area contributed by atoms with Crippen molar-refractivity contribution in [1.82, 2.24) is 4.72 Å². The Bertz CT molecular complexity index is 819. The van der Waals surface area contributed by atoms with Gasteiger partial charge in [-0.3, -0.25) is 4.79 Å². The average molecular weight is 422 g/mol. The minimum absolute atomic E-state index is 0.000163. The molecule has 1 amide bonds. The van der Waals surface area contributed by atoms with Crippen LogP contribution in [0.15, 0.2) is 23.1 Å². The molecule has 0 unspecified atom stereocenters. The van der Waals surface area contributed by atoms with Gasteiger partial charge in [-0.05, 0) is 70.6 Å². The molecule has 1 heterocycles. The quantitative estimate of drug-likeness (QED) is 0.689. The van der Waals surface area contributed by atoms with Crippen molar-refractivity contribution in [3.05, 3.63) is 18.2 Å². The summed E-state index contributed by atoms with van der Waals surface area (Å²) in [6.07, 6.45) is 7.99. The summed E-state index contributed by atoms with van der Waals surface area (Å²) < 4.78 is 29.2. The highest BCUT2D eigenvalue weighted by Gasteiger charge is 2.28. The Hall–Kier alpha value is -1.60. The normalized spacial score (nSPS) is 21.9. The lowest BCUT2D eigenvalue weighted by Crippen LogP contribution is -2.39. The van der Waals surface area contributed by atoms with Gasteiger partial charge in [0.25, 0.3) is 0 Å². The first-order valence-corrected chi connectivity index (χ1v) is 12.5. The lowest BCUT2D eigenvalue weighted by atomic mass is 10.0. The fourth-order valence-corrected chi connectivity index (χ4v) is 5.91. The molecular formula is C22H35N3O3S. The summed E-state index contributed by atoms with van der Waals surface area (Å²) in [6.45, 7) is 6.82. The van der Waals surface area contributed by atoms with Crippen LogP contribution in [0.2, 0.25) is 0 Å². The third-order valence-electron chi connectivity index (χ3n) is 6.32. The van der Waals surface area contributed by atoms with Crippen molar-refractivity contribution >= 4 is 27.3 Å². The van der Waals surface area contributed by atoms with Crippen molar-refractivity contribution in [3.63, 3.8) is 0 Å². The molecule has 29 heavy (non-hydrogen) atoms. The van der Waals surface area contributed by atoms with Gasteiger partial charge in [0.15, 0.2) is 0 Å². The molecule has 162 valence electrons. The Labute approximate surface area is 175 Å². The molecule has 2 N–H and O–H groups in total. The molecule has 1 aromatic carbocycles. The number of rotatable bonds is 7. The van der Waals surface area contributed by atoms with Gasteiger partial charge >= 0.3 is 0 Å². The Kier molecular flexibility index (Phi) is 7.22. The summed E-state index contributed by atoms with van der Waals surface area (Å²) in [4.78, 5) is 15.0. The second-order valence-electron chi connectivity index (χ2n) is 8.62. The lowest BCUT2D eigenvalue weighted by Gasteiger charge is -2.36. The van der Waals surface area contributed by atoms with Crippen LogP contribution in [0.3, 0.4) is 0 Å². The van der Waals surface area contributed by atoms with Crippen molar-refractivity contribution in [2.24, 2.45) is 5.92 Å². The number of carbonyl (C=O) groups is 1. The van der Waals surface area contributed by atoms with Crippen LogP contribution in [0, 0.1) is 5.92 Å². The minimum atomic E-state index is -3.70. The Morgan fingerprint density at radius 3 is 2.52 bits per heavy atom. The molecule has 0 spiro atoms. The molecule has 2 atom stereocenters. The summed E-state index contributed by atoms with van der Waals surface area (Å²) in [5.41, 5.74) is 1.28. The van der Waals surface area contributed by atoms with E-state index in [-0.39, 0.29) is 22.8 Å². The molecule has 0 aromatic heterocycles. The van der Waals surface area contributed by atoms with E-state index in [2.05, 4.69) is 21.9 Å². The predicted octanol–water partition coefficient (Wildman–Crippen LogP) is 4.27. The fraction of sp³-hybridized carbons (Fsp3) is 0.682. The van der Waals surface area contributed by atoms with E-state index in [0.717, 1.165) is 50.8 Å². The SMILES string of the molecule is CC[C@@H](C)NS(=O)(=O)c1cc(NC(=O)C2CCCC2)ccc1N1CCCC[C@H]1C. The van der Waals surface area contributed by atoms with Crippen molar-refractivity contribution in [3.8, 4) is 0 Å². The van der Waals surface area contributed by atoms with E-state index >= 15 is 0 Å². The maximum Gasteiger partial charge on any atom is 0.242 e. The van der Waals surface area contributed by atoms with E-state index in [1.165, 1.54) is 6.42 Å². The number of hydrogen-bond acceptors (Lipinski definition) is 4. The van der Waals surface area contributed by atoms with E-state index in [0.29, 0.717) is 18.2 Å². The number of piperidine rings is 1. The highest BCUT2D eigenvalue weighted by Crippen LogP contribution is 2.34. The first-order valence-electron chi connectivity index (χ1n) is 11.1. The molecule has 1 aliphatic carbocycles. The molecule has 0 radical (unpaired) electrons. The van der Waals surface area contributed by atoms with Gasteiger partial charge in [-0.2, -0.15) is 0 Å². The Balaban J connectivity index is 1.94. The van der Waals surface area contributed by atoms with Crippen LogP contribution in [0.4, 0.5) is 11.4 Å². The minimum Gasteiger partial charge on any atom is -0.368 e. The van der Waals surface area contributed by atoms with E-state index < -0.39 is 10.0 Å². The molecule has 6 nitrogen and oxygen atoms in total. The zero-order chi connectivity index (χ0) is 21.0. The van der Waals surface area contributed by atoms with Crippen LogP contribution >= 0.6 is 0 Å². The number of benzene rings is 1. The molecule has 3 rings (SSSR count). The number of carbonyl (C=O) groups excluding carboxylic acids is 1. The van der Waals surface area contributed by atoms with Gasteiger partial charge in [-0.25, -0.2) is 13.1 Å². The maximum atomic E-state index is 13.2. The lowest BCUT2D eigenvalue weighted by molar-refractivity contribution is -0.119. The van der Waals surface area contributed by atoms with Gasteiger partial charge in [0.05, 0.1) is 5.69 Å². The van der Waals surface area contributed by atoms with E-state index in [1.54, 1.807) is 6.07 Å². The predicted molar refractivity (Wildman–Crippen MR) is 118 cm³/mol. The third kappa shape index (κ3) is 5.31. The van der Waals surface area contributed by atoms with Crippen molar-refractivity contribution in [1.29, 1.82) is 0 Å². The van der Waals surface area contributed by atoms with Crippen LogP contribution in [0.5, 0.6) is 0 Å². The third-order valence-corrected chi connectivity index (χ3v) is 7.94. The molecule has 2 fully saturated rings. The average Bonchev–Trinajstić information content (AvgIpc) is 3.23. The highest BCUT2D eigenvalue weighted by atomic mass is 32.2. The van der Waals surface area contributed by atoms with Gasteiger partial charge in [0, 0.05) is 30.2 Å².